The number of methoxy groups -OCH3 is 1. The summed E-state index contributed by atoms with van der Waals surface area (Å²) < 4.78 is 12.1. The second kappa shape index (κ2) is 11.6. The van der Waals surface area contributed by atoms with E-state index in [1.165, 1.54) is 50.3 Å². The van der Waals surface area contributed by atoms with Crippen molar-refractivity contribution in [2.24, 2.45) is 4.99 Å². The Morgan fingerprint density at radius 3 is 2.48 bits per heavy atom. The predicted octanol–water partition coefficient (Wildman–Crippen LogP) is 6.96. The fraction of sp³-hybridized carbons (Fsp3) is 0.538. The number of carbonyl (C=O) groups excluding carboxylic acids is 1. The Hall–Kier alpha value is -1.73. The number of rotatable bonds is 7. The monoisotopic (exact) mass is 532 g/mol. The van der Waals surface area contributed by atoms with Gasteiger partial charge in [-0.05, 0) is 61.2 Å². The lowest BCUT2D eigenvalue weighted by atomic mass is 9.94. The summed E-state index contributed by atoms with van der Waals surface area (Å²) in [6.07, 6.45) is 15.4. The van der Waals surface area contributed by atoms with Gasteiger partial charge in [0.1, 0.15) is 6.61 Å². The molecule has 33 heavy (non-hydrogen) atoms. The molecular weight excluding hydrogens is 500 g/mol. The molecular formula is C26H33BrN2O3S. The lowest BCUT2D eigenvalue weighted by Gasteiger charge is -2.31. The summed E-state index contributed by atoms with van der Waals surface area (Å²) in [5, 5.41) is 0.902. The van der Waals surface area contributed by atoms with Gasteiger partial charge < -0.3 is 9.47 Å². The number of halogens is 1. The van der Waals surface area contributed by atoms with E-state index >= 15 is 0 Å². The van der Waals surface area contributed by atoms with E-state index in [4.69, 9.17) is 14.5 Å². The Balaban J connectivity index is 1.65. The van der Waals surface area contributed by atoms with Crippen molar-refractivity contribution in [1.82, 2.24) is 4.90 Å². The molecule has 1 aromatic carbocycles. The number of carbonyl (C=O) groups is 1. The van der Waals surface area contributed by atoms with Gasteiger partial charge in [0, 0.05) is 10.5 Å². The molecule has 4 rings (SSSR count). The van der Waals surface area contributed by atoms with Crippen molar-refractivity contribution in [3.63, 3.8) is 0 Å². The smallest absolute Gasteiger partial charge is 0.267 e. The van der Waals surface area contributed by atoms with Crippen LogP contribution in [0.1, 0.15) is 69.8 Å². The Morgan fingerprint density at radius 2 is 1.82 bits per heavy atom. The quantitative estimate of drug-likeness (QED) is 0.281. The molecule has 1 aliphatic heterocycles. The van der Waals surface area contributed by atoms with E-state index in [0.29, 0.717) is 24.1 Å². The molecule has 0 unspecified atom stereocenters. The van der Waals surface area contributed by atoms with Crippen molar-refractivity contribution in [2.75, 3.05) is 13.7 Å². The molecule has 2 aliphatic carbocycles. The fourth-order valence-electron chi connectivity index (χ4n) is 4.83. The number of amidine groups is 1. The summed E-state index contributed by atoms with van der Waals surface area (Å²) in [6.45, 7) is 4.10. The van der Waals surface area contributed by atoms with Crippen LogP contribution in [-0.2, 0) is 4.79 Å². The third-order valence-electron chi connectivity index (χ3n) is 6.57. The molecule has 3 aliphatic rings. The predicted molar refractivity (Wildman–Crippen MR) is 140 cm³/mol. The van der Waals surface area contributed by atoms with E-state index in [0.717, 1.165) is 45.8 Å². The van der Waals surface area contributed by atoms with E-state index in [-0.39, 0.29) is 11.9 Å². The number of amides is 1. The molecule has 2 saturated carbocycles. The minimum atomic E-state index is 0.0827. The molecule has 0 atom stereocenters. The van der Waals surface area contributed by atoms with Crippen LogP contribution >= 0.6 is 27.7 Å². The lowest BCUT2D eigenvalue weighted by molar-refractivity contribution is -0.124. The molecule has 3 fully saturated rings. The summed E-state index contributed by atoms with van der Waals surface area (Å²) in [5.41, 5.74) is 0.885. The zero-order valence-corrected chi connectivity index (χ0v) is 21.8. The van der Waals surface area contributed by atoms with Crippen LogP contribution in [0.25, 0.3) is 6.08 Å². The minimum absolute atomic E-state index is 0.0827. The van der Waals surface area contributed by atoms with Gasteiger partial charge in [-0.3, -0.25) is 14.7 Å². The maximum absolute atomic E-state index is 13.6. The average Bonchev–Trinajstić information content (AvgIpc) is 3.14. The molecule has 0 radical (unpaired) electrons. The van der Waals surface area contributed by atoms with E-state index < -0.39 is 0 Å². The molecule has 1 saturated heterocycles. The second-order valence-electron chi connectivity index (χ2n) is 8.91. The van der Waals surface area contributed by atoms with Gasteiger partial charge in [0.25, 0.3) is 5.91 Å². The number of nitrogens with zero attached hydrogens (tertiary/aromatic N) is 2. The molecule has 1 heterocycles. The van der Waals surface area contributed by atoms with Crippen LogP contribution in [0.3, 0.4) is 0 Å². The number of hydrogen-bond donors (Lipinski definition) is 0. The Labute approximate surface area is 209 Å². The van der Waals surface area contributed by atoms with E-state index in [2.05, 4.69) is 22.5 Å². The molecule has 1 aromatic rings. The third-order valence-corrected chi connectivity index (χ3v) is 8.25. The molecule has 0 N–H and O–H groups in total. The molecule has 5 nitrogen and oxygen atoms in total. The molecule has 0 spiro atoms. The van der Waals surface area contributed by atoms with Crippen LogP contribution < -0.4 is 9.47 Å². The summed E-state index contributed by atoms with van der Waals surface area (Å²) in [4.78, 5) is 21.5. The van der Waals surface area contributed by atoms with Gasteiger partial charge >= 0.3 is 0 Å². The highest BCUT2D eigenvalue weighted by molar-refractivity contribution is 9.10. The Bertz CT molecular complexity index is 934. The summed E-state index contributed by atoms with van der Waals surface area (Å²) in [6, 6.07) is 4.39. The van der Waals surface area contributed by atoms with Crippen molar-refractivity contribution in [1.29, 1.82) is 0 Å². The molecule has 7 heteroatoms. The van der Waals surface area contributed by atoms with Crippen molar-refractivity contribution in [3.8, 4) is 11.5 Å². The summed E-state index contributed by atoms with van der Waals surface area (Å²) in [5.74, 6) is 1.35. The van der Waals surface area contributed by atoms with Crippen LogP contribution in [0, 0.1) is 0 Å². The van der Waals surface area contributed by atoms with Gasteiger partial charge in [0.15, 0.2) is 16.7 Å². The van der Waals surface area contributed by atoms with Gasteiger partial charge in [0.2, 0.25) is 0 Å². The molecule has 0 bridgehead atoms. The second-order valence-corrected chi connectivity index (χ2v) is 10.8. The van der Waals surface area contributed by atoms with Gasteiger partial charge in [-0.1, -0.05) is 67.1 Å². The first-order valence-corrected chi connectivity index (χ1v) is 13.6. The maximum atomic E-state index is 13.6. The zero-order chi connectivity index (χ0) is 23.2. The standard InChI is InChI=1S/C26H33BrN2O3S/c1-3-14-32-23-17-21(27)18(15-22(23)31-2)16-24-25(30)29(20-12-8-5-9-13-20)26(33-24)28-19-10-6-4-7-11-19/h3,15-17,19-20H,1,4-14H2,2H3. The van der Waals surface area contributed by atoms with E-state index in [1.807, 2.05) is 23.1 Å². The minimum Gasteiger partial charge on any atom is -0.493 e. The first-order valence-electron chi connectivity index (χ1n) is 12.0. The van der Waals surface area contributed by atoms with Gasteiger partial charge in [-0.25, -0.2) is 0 Å². The van der Waals surface area contributed by atoms with Crippen molar-refractivity contribution >= 4 is 44.8 Å². The van der Waals surface area contributed by atoms with Crippen molar-refractivity contribution in [3.05, 3.63) is 39.7 Å². The topological polar surface area (TPSA) is 51.1 Å². The largest absolute Gasteiger partial charge is 0.493 e. The van der Waals surface area contributed by atoms with Gasteiger partial charge in [0.05, 0.1) is 18.1 Å². The molecule has 1 amide bonds. The zero-order valence-electron chi connectivity index (χ0n) is 19.4. The number of ether oxygens (including phenoxy) is 2. The average molecular weight is 534 g/mol. The number of thioether (sulfide) groups is 1. The normalized spacial score (nSPS) is 22.8. The Morgan fingerprint density at radius 1 is 1.12 bits per heavy atom. The van der Waals surface area contributed by atoms with Crippen LogP contribution in [-0.4, -0.2) is 41.8 Å². The first kappa shape index (κ1) is 24.4. The van der Waals surface area contributed by atoms with Gasteiger partial charge in [-0.15, -0.1) is 0 Å². The number of benzene rings is 1. The van der Waals surface area contributed by atoms with Gasteiger partial charge in [-0.2, -0.15) is 0 Å². The molecule has 178 valence electrons. The van der Waals surface area contributed by atoms with Crippen LogP contribution in [0.2, 0.25) is 0 Å². The fourth-order valence-corrected chi connectivity index (χ4v) is 6.37. The Kier molecular flexibility index (Phi) is 8.58. The highest BCUT2D eigenvalue weighted by atomic mass is 79.9. The third kappa shape index (κ3) is 5.86. The molecule has 0 aromatic heterocycles. The van der Waals surface area contributed by atoms with E-state index in [9.17, 15) is 4.79 Å². The maximum Gasteiger partial charge on any atom is 0.267 e. The lowest BCUT2D eigenvalue weighted by Crippen LogP contribution is -2.41. The SMILES string of the molecule is C=CCOc1cc(Br)c(C=C2SC(=NC3CCCCC3)N(C3CCCCC3)C2=O)cc1OC. The summed E-state index contributed by atoms with van der Waals surface area (Å²) >= 11 is 5.18. The van der Waals surface area contributed by atoms with Crippen LogP contribution in [0.4, 0.5) is 0 Å². The van der Waals surface area contributed by atoms with E-state index in [1.54, 1.807) is 13.2 Å². The number of hydrogen-bond acceptors (Lipinski definition) is 5. The summed E-state index contributed by atoms with van der Waals surface area (Å²) in [7, 11) is 1.62. The number of aliphatic imine (C=N–C) groups is 1. The van der Waals surface area contributed by atoms with Crippen molar-refractivity contribution < 1.29 is 14.3 Å². The first-order chi connectivity index (χ1) is 16.1. The van der Waals surface area contributed by atoms with Crippen LogP contribution in [0.15, 0.2) is 39.2 Å². The highest BCUT2D eigenvalue weighted by Gasteiger charge is 2.39. The highest BCUT2D eigenvalue weighted by Crippen LogP contribution is 2.41. The van der Waals surface area contributed by atoms with Crippen LogP contribution in [0.5, 0.6) is 11.5 Å². The van der Waals surface area contributed by atoms with Crippen molar-refractivity contribution in [2.45, 2.75) is 76.3 Å².